The maximum Gasteiger partial charge on any atom is 0.243 e. The van der Waals surface area contributed by atoms with E-state index in [0.717, 1.165) is 12.1 Å². The van der Waals surface area contributed by atoms with Crippen molar-refractivity contribution < 1.29 is 21.2 Å². The van der Waals surface area contributed by atoms with Crippen LogP contribution in [0.5, 0.6) is 0 Å². The second kappa shape index (κ2) is 5.41. The number of halogens is 1. The zero-order valence-electron chi connectivity index (χ0n) is 10.1. The fraction of sp³-hybridized carbons (Fsp3) is 0.333. The molecule has 0 aromatic heterocycles. The molecule has 1 aromatic carbocycles. The van der Waals surface area contributed by atoms with Crippen molar-refractivity contribution in [2.45, 2.75) is 11.8 Å². The number of anilines is 1. The Bertz CT molecular complexity index is 686. The lowest BCUT2D eigenvalue weighted by atomic mass is 10.2. The summed E-state index contributed by atoms with van der Waals surface area (Å²) in [6.45, 7) is 1.08. The van der Waals surface area contributed by atoms with E-state index in [1.54, 1.807) is 0 Å². The Balaban J connectivity index is 2.98. The van der Waals surface area contributed by atoms with Crippen LogP contribution in [-0.2, 0) is 20.0 Å². The van der Waals surface area contributed by atoms with E-state index < -0.39 is 43.1 Å². The molecule has 19 heavy (non-hydrogen) atoms. The third kappa shape index (κ3) is 4.42. The molecule has 108 valence electrons. The van der Waals surface area contributed by atoms with Crippen molar-refractivity contribution >= 4 is 25.7 Å². The number of hydrogen-bond donors (Lipinski definition) is 3. The van der Waals surface area contributed by atoms with Crippen molar-refractivity contribution in [2.75, 3.05) is 18.0 Å². The summed E-state index contributed by atoms with van der Waals surface area (Å²) in [5, 5.41) is 4.72. The van der Waals surface area contributed by atoms with Crippen LogP contribution >= 0.6 is 0 Å². The summed E-state index contributed by atoms with van der Waals surface area (Å²) in [5.74, 6) is -1.55. The predicted octanol–water partition coefficient (Wildman–Crippen LogP) is -0.717. The van der Waals surface area contributed by atoms with E-state index in [0.29, 0.717) is 5.56 Å². The lowest BCUT2D eigenvalue weighted by molar-refractivity contribution is 0.558. The molecule has 0 spiro atoms. The highest BCUT2D eigenvalue weighted by atomic mass is 32.2. The highest BCUT2D eigenvalue weighted by Gasteiger charge is 2.20. The molecule has 0 aliphatic heterocycles. The Labute approximate surface area is 110 Å². The molecule has 7 nitrogen and oxygen atoms in total. The molecule has 0 heterocycles. The van der Waals surface area contributed by atoms with Gasteiger partial charge >= 0.3 is 0 Å². The average molecular weight is 311 g/mol. The number of aryl methyl sites for hydroxylation is 1. The molecule has 0 amide bonds. The maximum absolute atomic E-state index is 13.6. The third-order valence-corrected chi connectivity index (χ3v) is 4.54. The Morgan fingerprint density at radius 2 is 1.84 bits per heavy atom. The third-order valence-electron chi connectivity index (χ3n) is 2.29. The van der Waals surface area contributed by atoms with Gasteiger partial charge < -0.3 is 5.73 Å². The molecule has 1 rings (SSSR count). The second-order valence-corrected chi connectivity index (χ2v) is 7.37. The number of rotatable bonds is 5. The van der Waals surface area contributed by atoms with Crippen LogP contribution in [0.1, 0.15) is 5.56 Å². The summed E-state index contributed by atoms with van der Waals surface area (Å²) in [6, 6.07) is 1.97. The summed E-state index contributed by atoms with van der Waals surface area (Å²) < 4.78 is 60.4. The number of nitrogen functional groups attached to an aromatic ring is 1. The zero-order chi connectivity index (χ0) is 14.8. The topological polar surface area (TPSA) is 132 Å². The van der Waals surface area contributed by atoms with Gasteiger partial charge in [-0.25, -0.2) is 31.1 Å². The standard InChI is InChI=1S/C9H14FN3O4S2/c1-6-4-7(10)9(5-8(6)11)19(16,17)13-2-3-18(12,14)15/h4-5,13H,2-3,11H2,1H3,(H2,12,14,15). The van der Waals surface area contributed by atoms with E-state index in [1.165, 1.54) is 6.92 Å². The fourth-order valence-corrected chi connectivity index (χ4v) is 2.91. The van der Waals surface area contributed by atoms with Crippen LogP contribution in [0.15, 0.2) is 17.0 Å². The first kappa shape index (κ1) is 15.8. The van der Waals surface area contributed by atoms with E-state index in [9.17, 15) is 21.2 Å². The largest absolute Gasteiger partial charge is 0.398 e. The van der Waals surface area contributed by atoms with Crippen LogP contribution < -0.4 is 15.6 Å². The summed E-state index contributed by atoms with van der Waals surface area (Å²) in [7, 11) is -7.98. The molecule has 0 fully saturated rings. The molecule has 0 aliphatic carbocycles. The van der Waals surface area contributed by atoms with Crippen LogP contribution in [0.25, 0.3) is 0 Å². The Morgan fingerprint density at radius 1 is 1.26 bits per heavy atom. The molecular formula is C9H14FN3O4S2. The molecule has 0 atom stereocenters. The lowest BCUT2D eigenvalue weighted by Crippen LogP contribution is -2.32. The van der Waals surface area contributed by atoms with Crippen molar-refractivity contribution in [1.29, 1.82) is 0 Å². The zero-order valence-corrected chi connectivity index (χ0v) is 11.7. The molecule has 10 heteroatoms. The van der Waals surface area contributed by atoms with Gasteiger partial charge in [-0.05, 0) is 24.6 Å². The van der Waals surface area contributed by atoms with Gasteiger partial charge in [0.1, 0.15) is 10.7 Å². The minimum absolute atomic E-state index is 0.119. The molecular weight excluding hydrogens is 297 g/mol. The first-order valence-electron chi connectivity index (χ1n) is 5.09. The van der Waals surface area contributed by atoms with Crippen LogP contribution in [0.2, 0.25) is 0 Å². The van der Waals surface area contributed by atoms with Gasteiger partial charge in [0.05, 0.1) is 5.75 Å². The normalized spacial score (nSPS) is 12.6. The smallest absolute Gasteiger partial charge is 0.243 e. The van der Waals surface area contributed by atoms with Gasteiger partial charge in [0.15, 0.2) is 0 Å². The number of benzene rings is 1. The van der Waals surface area contributed by atoms with Crippen molar-refractivity contribution in [1.82, 2.24) is 4.72 Å². The molecule has 0 aliphatic rings. The summed E-state index contributed by atoms with van der Waals surface area (Å²) in [4.78, 5) is -0.634. The first-order chi connectivity index (χ1) is 8.53. The van der Waals surface area contributed by atoms with Gasteiger partial charge in [-0.15, -0.1) is 0 Å². The average Bonchev–Trinajstić information content (AvgIpc) is 2.20. The minimum Gasteiger partial charge on any atom is -0.398 e. The highest BCUT2D eigenvalue weighted by Crippen LogP contribution is 2.21. The Hall–Kier alpha value is -1.23. The molecule has 0 saturated carbocycles. The van der Waals surface area contributed by atoms with Crippen LogP contribution in [0, 0.1) is 12.7 Å². The SMILES string of the molecule is Cc1cc(F)c(S(=O)(=O)NCCS(N)(=O)=O)cc1N. The first-order valence-corrected chi connectivity index (χ1v) is 8.28. The van der Waals surface area contributed by atoms with Gasteiger partial charge in [0.2, 0.25) is 20.0 Å². The van der Waals surface area contributed by atoms with Crippen molar-refractivity contribution in [2.24, 2.45) is 5.14 Å². The maximum atomic E-state index is 13.6. The van der Waals surface area contributed by atoms with Gasteiger partial charge in [0, 0.05) is 12.2 Å². The fourth-order valence-electron chi connectivity index (χ4n) is 1.27. The number of primary sulfonamides is 1. The van der Waals surface area contributed by atoms with E-state index in [4.69, 9.17) is 10.9 Å². The second-order valence-electron chi connectivity index (χ2n) is 3.90. The van der Waals surface area contributed by atoms with Crippen LogP contribution in [0.4, 0.5) is 10.1 Å². The Morgan fingerprint density at radius 3 is 2.37 bits per heavy atom. The van der Waals surface area contributed by atoms with Gasteiger partial charge in [-0.1, -0.05) is 0 Å². The van der Waals surface area contributed by atoms with Crippen molar-refractivity contribution in [3.8, 4) is 0 Å². The summed E-state index contributed by atoms with van der Waals surface area (Å²) in [6.07, 6.45) is 0. The molecule has 0 saturated heterocycles. The lowest BCUT2D eigenvalue weighted by Gasteiger charge is -2.09. The number of nitrogens with two attached hydrogens (primary N) is 2. The quantitative estimate of drug-likeness (QED) is 0.617. The van der Waals surface area contributed by atoms with Gasteiger partial charge in [-0.2, -0.15) is 0 Å². The van der Waals surface area contributed by atoms with Gasteiger partial charge in [-0.3, -0.25) is 0 Å². The van der Waals surface area contributed by atoms with Crippen molar-refractivity contribution in [3.05, 3.63) is 23.5 Å². The van der Waals surface area contributed by atoms with Crippen LogP contribution in [-0.4, -0.2) is 29.1 Å². The highest BCUT2D eigenvalue weighted by molar-refractivity contribution is 7.90. The van der Waals surface area contributed by atoms with E-state index in [2.05, 4.69) is 0 Å². The van der Waals surface area contributed by atoms with Crippen molar-refractivity contribution in [3.63, 3.8) is 0 Å². The molecule has 0 radical (unpaired) electrons. The number of sulfonamides is 2. The molecule has 0 bridgehead atoms. The Kier molecular flexibility index (Phi) is 4.50. The monoisotopic (exact) mass is 311 g/mol. The van der Waals surface area contributed by atoms with E-state index >= 15 is 0 Å². The summed E-state index contributed by atoms with van der Waals surface area (Å²) in [5.41, 5.74) is 6.03. The number of hydrogen-bond acceptors (Lipinski definition) is 5. The van der Waals surface area contributed by atoms with E-state index in [1.807, 2.05) is 4.72 Å². The minimum atomic E-state index is -4.18. The molecule has 0 unspecified atom stereocenters. The molecule has 5 N–H and O–H groups in total. The molecule has 1 aromatic rings. The predicted molar refractivity (Wildman–Crippen MR) is 68.7 cm³/mol. The van der Waals surface area contributed by atoms with E-state index in [-0.39, 0.29) is 5.69 Å². The number of nitrogens with one attached hydrogen (secondary N) is 1. The summed E-state index contributed by atoms with van der Waals surface area (Å²) >= 11 is 0. The van der Waals surface area contributed by atoms with Crippen LogP contribution in [0.3, 0.4) is 0 Å². The van der Waals surface area contributed by atoms with Gasteiger partial charge in [0.25, 0.3) is 0 Å².